The summed E-state index contributed by atoms with van der Waals surface area (Å²) in [6, 6.07) is 16.7. The van der Waals surface area contributed by atoms with Gasteiger partial charge < -0.3 is 0 Å². The zero-order valence-electron chi connectivity index (χ0n) is 9.95. The molecule has 0 aliphatic rings. The van der Waals surface area contributed by atoms with Gasteiger partial charge in [-0.1, -0.05) is 30.3 Å². The van der Waals surface area contributed by atoms with Crippen LogP contribution in [0.3, 0.4) is 0 Å². The fraction of sp³-hybridized carbons (Fsp3) is 0. The second-order valence-corrected chi connectivity index (χ2v) is 5.37. The molecule has 2 heterocycles. The molecule has 4 heteroatoms. The van der Waals surface area contributed by atoms with E-state index in [0.29, 0.717) is 0 Å². The van der Waals surface area contributed by atoms with Gasteiger partial charge in [-0.3, -0.25) is 0 Å². The van der Waals surface area contributed by atoms with Gasteiger partial charge in [0.25, 0.3) is 0 Å². The Labute approximate surface area is 113 Å². The first-order chi connectivity index (χ1) is 9.43. The van der Waals surface area contributed by atoms with Gasteiger partial charge in [-0.15, -0.1) is 21.5 Å². The van der Waals surface area contributed by atoms with Gasteiger partial charge in [0.15, 0.2) is 0 Å². The lowest BCUT2D eigenvalue weighted by atomic mass is 10.0. The maximum atomic E-state index is 4.13. The van der Waals surface area contributed by atoms with Crippen molar-refractivity contribution in [1.82, 2.24) is 15.4 Å². The molecule has 19 heavy (non-hydrogen) atoms. The molecular formula is C15H9N3S. The summed E-state index contributed by atoms with van der Waals surface area (Å²) in [6.07, 6.45) is 1.68. The molecule has 0 saturated heterocycles. The fourth-order valence-electron chi connectivity index (χ4n) is 2.37. The van der Waals surface area contributed by atoms with Crippen molar-refractivity contribution in [3.8, 4) is 11.3 Å². The van der Waals surface area contributed by atoms with Crippen LogP contribution in [0.5, 0.6) is 0 Å². The van der Waals surface area contributed by atoms with Crippen molar-refractivity contribution in [2.75, 3.05) is 0 Å². The maximum Gasteiger partial charge on any atom is 0.0970 e. The summed E-state index contributed by atoms with van der Waals surface area (Å²) in [5, 5.41) is 14.1. The van der Waals surface area contributed by atoms with Gasteiger partial charge in [0.2, 0.25) is 0 Å². The monoisotopic (exact) mass is 263 g/mol. The Bertz CT molecular complexity index is 868. The van der Waals surface area contributed by atoms with Crippen LogP contribution >= 0.6 is 11.3 Å². The van der Waals surface area contributed by atoms with Crippen molar-refractivity contribution < 1.29 is 0 Å². The maximum absolute atomic E-state index is 4.13. The van der Waals surface area contributed by atoms with Crippen molar-refractivity contribution in [3.63, 3.8) is 0 Å². The van der Waals surface area contributed by atoms with E-state index in [1.807, 2.05) is 6.07 Å². The van der Waals surface area contributed by atoms with Crippen LogP contribution in [0.2, 0.25) is 0 Å². The molecule has 3 nitrogen and oxygen atoms in total. The Morgan fingerprint density at radius 3 is 2.63 bits per heavy atom. The highest BCUT2D eigenvalue weighted by Crippen LogP contribution is 2.38. The SMILES string of the molecule is c1ccc2c(c1)sc1cccc(-c3ccnnn3)c12. The summed E-state index contributed by atoms with van der Waals surface area (Å²) in [5.74, 6) is 0. The molecule has 0 saturated carbocycles. The molecular weight excluding hydrogens is 254 g/mol. The second-order valence-electron chi connectivity index (χ2n) is 4.28. The third-order valence-electron chi connectivity index (χ3n) is 3.18. The third kappa shape index (κ3) is 1.61. The summed E-state index contributed by atoms with van der Waals surface area (Å²) in [7, 11) is 0. The predicted octanol–water partition coefficient (Wildman–Crippen LogP) is 3.91. The molecule has 0 unspecified atom stereocenters. The smallest absolute Gasteiger partial charge is 0.0970 e. The normalized spacial score (nSPS) is 11.2. The molecule has 0 N–H and O–H groups in total. The van der Waals surface area contributed by atoms with E-state index in [4.69, 9.17) is 0 Å². The molecule has 0 aliphatic heterocycles. The van der Waals surface area contributed by atoms with Gasteiger partial charge >= 0.3 is 0 Å². The zero-order chi connectivity index (χ0) is 12.7. The Hall–Kier alpha value is -2.33. The summed E-state index contributed by atoms with van der Waals surface area (Å²) < 4.78 is 2.57. The van der Waals surface area contributed by atoms with Crippen LogP contribution in [-0.2, 0) is 0 Å². The van der Waals surface area contributed by atoms with Crippen molar-refractivity contribution in [2.24, 2.45) is 0 Å². The largest absolute Gasteiger partial charge is 0.139 e. The molecule has 0 bridgehead atoms. The molecule has 0 fully saturated rings. The van der Waals surface area contributed by atoms with Gasteiger partial charge in [0.05, 0.1) is 11.9 Å². The average Bonchev–Trinajstić information content (AvgIpc) is 2.86. The summed E-state index contributed by atoms with van der Waals surface area (Å²) in [4.78, 5) is 0. The Kier molecular flexibility index (Phi) is 2.28. The number of aromatic nitrogens is 3. The Balaban J connectivity index is 2.17. The topological polar surface area (TPSA) is 38.7 Å². The summed E-state index contributed by atoms with van der Waals surface area (Å²) in [5.41, 5.74) is 1.98. The molecule has 0 radical (unpaired) electrons. The number of thiophene rings is 1. The van der Waals surface area contributed by atoms with E-state index in [0.717, 1.165) is 11.3 Å². The minimum absolute atomic E-state index is 0.865. The lowest BCUT2D eigenvalue weighted by Gasteiger charge is -2.01. The average molecular weight is 263 g/mol. The van der Waals surface area contributed by atoms with Crippen LogP contribution in [0, 0.1) is 0 Å². The number of hydrogen-bond acceptors (Lipinski definition) is 4. The van der Waals surface area contributed by atoms with Crippen LogP contribution in [-0.4, -0.2) is 15.4 Å². The highest BCUT2D eigenvalue weighted by atomic mass is 32.1. The number of benzene rings is 2. The number of hydrogen-bond donors (Lipinski definition) is 0. The molecule has 4 aromatic rings. The fourth-order valence-corrected chi connectivity index (χ4v) is 3.50. The van der Waals surface area contributed by atoms with Gasteiger partial charge in [-0.2, -0.15) is 0 Å². The molecule has 0 amide bonds. The van der Waals surface area contributed by atoms with E-state index in [1.54, 1.807) is 17.5 Å². The van der Waals surface area contributed by atoms with Crippen LogP contribution in [0.25, 0.3) is 31.4 Å². The van der Waals surface area contributed by atoms with E-state index < -0.39 is 0 Å². The predicted molar refractivity (Wildman–Crippen MR) is 78.2 cm³/mol. The lowest BCUT2D eigenvalue weighted by Crippen LogP contribution is -1.89. The number of nitrogens with zero attached hydrogens (tertiary/aromatic N) is 3. The second kappa shape index (κ2) is 4.10. The third-order valence-corrected chi connectivity index (χ3v) is 4.32. The van der Waals surface area contributed by atoms with E-state index in [1.165, 1.54) is 20.2 Å². The van der Waals surface area contributed by atoms with Crippen molar-refractivity contribution in [2.45, 2.75) is 0 Å². The van der Waals surface area contributed by atoms with E-state index in [2.05, 4.69) is 57.9 Å². The summed E-state index contributed by atoms with van der Waals surface area (Å²) >= 11 is 1.81. The van der Waals surface area contributed by atoms with E-state index in [9.17, 15) is 0 Å². The lowest BCUT2D eigenvalue weighted by molar-refractivity contribution is 0.871. The quantitative estimate of drug-likeness (QED) is 0.522. The van der Waals surface area contributed by atoms with Gasteiger partial charge in [-0.05, 0) is 23.4 Å². The molecule has 2 aromatic carbocycles. The standard InChI is InChI=1S/C15H9N3S/c1-2-6-13-11(4-1)15-10(5-3-7-14(15)19-13)12-8-9-16-18-17-12/h1-9H. The molecule has 2 aromatic heterocycles. The molecule has 0 spiro atoms. The van der Waals surface area contributed by atoms with Crippen LogP contribution < -0.4 is 0 Å². The Morgan fingerprint density at radius 2 is 1.74 bits per heavy atom. The van der Waals surface area contributed by atoms with Crippen LogP contribution in [0.4, 0.5) is 0 Å². The molecule has 4 rings (SSSR count). The van der Waals surface area contributed by atoms with Crippen molar-refractivity contribution in [1.29, 1.82) is 0 Å². The minimum Gasteiger partial charge on any atom is -0.139 e. The number of rotatable bonds is 1. The van der Waals surface area contributed by atoms with Gasteiger partial charge in [0.1, 0.15) is 0 Å². The first-order valence-corrected chi connectivity index (χ1v) is 6.80. The molecule has 90 valence electrons. The minimum atomic E-state index is 0.865. The van der Waals surface area contributed by atoms with Gasteiger partial charge in [-0.25, -0.2) is 0 Å². The first-order valence-electron chi connectivity index (χ1n) is 5.98. The van der Waals surface area contributed by atoms with Crippen LogP contribution in [0.15, 0.2) is 54.7 Å². The van der Waals surface area contributed by atoms with Gasteiger partial charge in [0, 0.05) is 25.7 Å². The van der Waals surface area contributed by atoms with Crippen molar-refractivity contribution >= 4 is 31.5 Å². The Morgan fingerprint density at radius 1 is 0.842 bits per heavy atom. The summed E-state index contributed by atoms with van der Waals surface area (Å²) in [6.45, 7) is 0. The zero-order valence-corrected chi connectivity index (χ0v) is 10.8. The van der Waals surface area contributed by atoms with Crippen molar-refractivity contribution in [3.05, 3.63) is 54.7 Å². The number of fused-ring (bicyclic) bond motifs is 3. The van der Waals surface area contributed by atoms with Crippen LogP contribution in [0.1, 0.15) is 0 Å². The van der Waals surface area contributed by atoms with E-state index >= 15 is 0 Å². The van der Waals surface area contributed by atoms with E-state index in [-0.39, 0.29) is 0 Å². The highest BCUT2D eigenvalue weighted by molar-refractivity contribution is 7.25. The highest BCUT2D eigenvalue weighted by Gasteiger charge is 2.10. The first kappa shape index (κ1) is 10.6. The molecule has 0 atom stereocenters. The molecule has 0 aliphatic carbocycles.